The van der Waals surface area contributed by atoms with E-state index in [2.05, 4.69) is 9.97 Å². The Morgan fingerprint density at radius 3 is 2.67 bits per heavy atom. The van der Waals surface area contributed by atoms with Gasteiger partial charge in [-0.25, -0.2) is 13.4 Å². The van der Waals surface area contributed by atoms with Crippen molar-refractivity contribution in [3.8, 4) is 0 Å². The van der Waals surface area contributed by atoms with Crippen LogP contribution in [0.3, 0.4) is 0 Å². The van der Waals surface area contributed by atoms with Crippen molar-refractivity contribution in [2.45, 2.75) is 43.7 Å². The Labute approximate surface area is 113 Å². The number of nitrogens with one attached hydrogen (secondary N) is 1. The molecule has 5 nitrogen and oxygen atoms in total. The number of halogens is 1. The van der Waals surface area contributed by atoms with Crippen LogP contribution < -0.4 is 0 Å². The molecule has 1 heterocycles. The predicted molar refractivity (Wildman–Crippen MR) is 70.2 cm³/mol. The van der Waals surface area contributed by atoms with Crippen LogP contribution >= 0.6 is 11.6 Å². The summed E-state index contributed by atoms with van der Waals surface area (Å²) in [6.45, 7) is 2.09. The molecule has 7 heteroatoms. The van der Waals surface area contributed by atoms with Crippen molar-refractivity contribution in [3.63, 3.8) is 0 Å². The van der Waals surface area contributed by atoms with E-state index in [1.165, 1.54) is 10.5 Å². The summed E-state index contributed by atoms with van der Waals surface area (Å²) in [5.41, 5.74) is 0. The molecule has 0 spiro atoms. The monoisotopic (exact) mass is 291 g/mol. The van der Waals surface area contributed by atoms with Crippen LogP contribution in [0.4, 0.5) is 0 Å². The zero-order chi connectivity index (χ0) is 13.2. The van der Waals surface area contributed by atoms with E-state index in [9.17, 15) is 8.42 Å². The molecular formula is C11H18ClN3O2S. The summed E-state index contributed by atoms with van der Waals surface area (Å²) in [6.07, 6.45) is 5.38. The van der Waals surface area contributed by atoms with Crippen molar-refractivity contribution in [1.82, 2.24) is 14.3 Å². The van der Waals surface area contributed by atoms with Crippen molar-refractivity contribution < 1.29 is 8.42 Å². The normalized spacial score (nSPS) is 17.7. The van der Waals surface area contributed by atoms with E-state index in [-0.39, 0.29) is 11.1 Å². The minimum Gasteiger partial charge on any atom is -0.332 e. The maximum atomic E-state index is 12.5. The Kier molecular flexibility index (Phi) is 4.29. The van der Waals surface area contributed by atoms with Crippen LogP contribution in [0.1, 0.15) is 31.5 Å². The third-order valence-corrected chi connectivity index (χ3v) is 5.33. The van der Waals surface area contributed by atoms with Gasteiger partial charge in [0.2, 0.25) is 0 Å². The first-order valence-corrected chi connectivity index (χ1v) is 8.12. The molecule has 18 heavy (non-hydrogen) atoms. The number of aromatic amines is 1. The Morgan fingerprint density at radius 1 is 1.50 bits per heavy atom. The van der Waals surface area contributed by atoms with Gasteiger partial charge in [0.25, 0.3) is 10.0 Å². The molecule has 0 bridgehead atoms. The fourth-order valence-electron chi connectivity index (χ4n) is 2.43. The Hall–Kier alpha value is -0.590. The molecule has 102 valence electrons. The second kappa shape index (κ2) is 5.59. The van der Waals surface area contributed by atoms with Crippen molar-refractivity contribution in [2.24, 2.45) is 0 Å². The van der Waals surface area contributed by atoms with Crippen LogP contribution in [0.5, 0.6) is 0 Å². The maximum absolute atomic E-state index is 12.5. The van der Waals surface area contributed by atoms with Gasteiger partial charge in [0.1, 0.15) is 5.82 Å². The standard InChI is InChI=1S/C11H18ClN3O2S/c1-9-13-8-11(14-9)18(16,17)15(7-6-12)10-4-2-3-5-10/h8,10H,2-7H2,1H3,(H,13,14). The fourth-order valence-corrected chi connectivity index (χ4v) is 4.36. The van der Waals surface area contributed by atoms with Crippen LogP contribution in [-0.2, 0) is 10.0 Å². The van der Waals surface area contributed by atoms with Gasteiger partial charge in [-0.1, -0.05) is 12.8 Å². The van der Waals surface area contributed by atoms with Crippen molar-refractivity contribution in [1.29, 1.82) is 0 Å². The number of imidazole rings is 1. The van der Waals surface area contributed by atoms with Crippen LogP contribution in [0.25, 0.3) is 0 Å². The van der Waals surface area contributed by atoms with Gasteiger partial charge in [0.15, 0.2) is 5.03 Å². The van der Waals surface area contributed by atoms with Gasteiger partial charge in [-0.2, -0.15) is 4.31 Å². The molecule has 1 aromatic heterocycles. The lowest BCUT2D eigenvalue weighted by atomic mass is 10.2. The quantitative estimate of drug-likeness (QED) is 0.843. The lowest BCUT2D eigenvalue weighted by molar-refractivity contribution is 0.336. The van der Waals surface area contributed by atoms with E-state index in [0.717, 1.165) is 25.7 Å². The number of rotatable bonds is 5. The number of H-pyrrole nitrogens is 1. The molecule has 1 saturated carbocycles. The molecule has 1 N–H and O–H groups in total. The molecule has 0 aliphatic heterocycles. The van der Waals surface area contributed by atoms with E-state index < -0.39 is 10.0 Å². The molecule has 1 aliphatic carbocycles. The highest BCUT2D eigenvalue weighted by atomic mass is 35.5. The first-order valence-electron chi connectivity index (χ1n) is 6.15. The summed E-state index contributed by atoms with van der Waals surface area (Å²) < 4.78 is 26.6. The summed E-state index contributed by atoms with van der Waals surface area (Å²) >= 11 is 5.74. The Bertz CT molecular complexity index is 494. The van der Waals surface area contributed by atoms with Crippen LogP contribution in [-0.4, -0.2) is 41.2 Å². The smallest absolute Gasteiger partial charge is 0.260 e. The lowest BCUT2D eigenvalue weighted by Crippen LogP contribution is -2.40. The highest BCUT2D eigenvalue weighted by Crippen LogP contribution is 2.28. The number of hydrogen-bond acceptors (Lipinski definition) is 3. The summed E-state index contributed by atoms with van der Waals surface area (Å²) in [7, 11) is -3.49. The van der Waals surface area contributed by atoms with Gasteiger partial charge in [0, 0.05) is 18.5 Å². The van der Waals surface area contributed by atoms with Gasteiger partial charge in [-0.15, -0.1) is 11.6 Å². The van der Waals surface area contributed by atoms with Crippen LogP contribution in [0.2, 0.25) is 0 Å². The molecule has 1 fully saturated rings. The molecule has 1 aliphatic rings. The molecule has 0 saturated heterocycles. The second-order valence-corrected chi connectivity index (χ2v) is 6.81. The topological polar surface area (TPSA) is 66.1 Å². The molecule has 0 amide bonds. The number of aromatic nitrogens is 2. The van der Waals surface area contributed by atoms with E-state index in [4.69, 9.17) is 11.6 Å². The second-order valence-electron chi connectivity index (χ2n) is 4.58. The van der Waals surface area contributed by atoms with E-state index in [1.54, 1.807) is 6.92 Å². The minimum atomic E-state index is -3.49. The molecule has 1 aromatic rings. The maximum Gasteiger partial charge on any atom is 0.260 e. The first kappa shape index (κ1) is 13.8. The summed E-state index contributed by atoms with van der Waals surface area (Å²) in [5.74, 6) is 0.911. The zero-order valence-electron chi connectivity index (χ0n) is 10.4. The molecule has 0 atom stereocenters. The summed E-state index contributed by atoms with van der Waals surface area (Å²) in [6, 6.07) is 0.0809. The van der Waals surface area contributed by atoms with Gasteiger partial charge in [-0.05, 0) is 19.8 Å². The van der Waals surface area contributed by atoms with E-state index >= 15 is 0 Å². The first-order chi connectivity index (χ1) is 8.55. The van der Waals surface area contributed by atoms with Crippen LogP contribution in [0, 0.1) is 6.92 Å². The SMILES string of the molecule is Cc1ncc(S(=O)(=O)N(CCCl)C2CCCC2)[nH]1. The van der Waals surface area contributed by atoms with Crippen LogP contribution in [0.15, 0.2) is 11.2 Å². The number of hydrogen-bond donors (Lipinski definition) is 1. The predicted octanol–water partition coefficient (Wildman–Crippen LogP) is 1.89. The number of aryl methyl sites for hydroxylation is 1. The third kappa shape index (κ3) is 2.70. The largest absolute Gasteiger partial charge is 0.332 e. The lowest BCUT2D eigenvalue weighted by Gasteiger charge is -2.26. The van der Waals surface area contributed by atoms with Gasteiger partial charge in [0.05, 0.1) is 6.20 Å². The minimum absolute atomic E-state index is 0.0809. The van der Waals surface area contributed by atoms with Gasteiger partial charge < -0.3 is 4.98 Å². The average molecular weight is 292 g/mol. The molecule has 0 unspecified atom stereocenters. The zero-order valence-corrected chi connectivity index (χ0v) is 12.0. The number of sulfonamides is 1. The van der Waals surface area contributed by atoms with Gasteiger partial charge in [-0.3, -0.25) is 0 Å². The molecule has 0 radical (unpaired) electrons. The molecule has 2 rings (SSSR count). The van der Waals surface area contributed by atoms with Gasteiger partial charge >= 0.3 is 0 Å². The Balaban J connectivity index is 2.28. The Morgan fingerprint density at radius 2 is 2.17 bits per heavy atom. The summed E-state index contributed by atoms with van der Waals surface area (Å²) in [4.78, 5) is 6.75. The average Bonchev–Trinajstić information content (AvgIpc) is 2.96. The third-order valence-electron chi connectivity index (χ3n) is 3.30. The van der Waals surface area contributed by atoms with Crippen molar-refractivity contribution in [3.05, 3.63) is 12.0 Å². The highest BCUT2D eigenvalue weighted by molar-refractivity contribution is 7.89. The highest BCUT2D eigenvalue weighted by Gasteiger charge is 2.33. The molecular weight excluding hydrogens is 274 g/mol. The fraction of sp³-hybridized carbons (Fsp3) is 0.727. The number of alkyl halides is 1. The summed E-state index contributed by atoms with van der Waals surface area (Å²) in [5, 5.41) is 0.164. The van der Waals surface area contributed by atoms with E-state index in [1.807, 2.05) is 0 Å². The molecule has 0 aromatic carbocycles. The number of nitrogens with zero attached hydrogens (tertiary/aromatic N) is 2. The van der Waals surface area contributed by atoms with Crippen molar-refractivity contribution in [2.75, 3.05) is 12.4 Å². The van der Waals surface area contributed by atoms with E-state index in [0.29, 0.717) is 18.2 Å². The van der Waals surface area contributed by atoms with Crippen molar-refractivity contribution >= 4 is 21.6 Å².